The standard InChI is InChI=1S/C18H23N3O3/c1-20(2)18(24)15-4-3-11-21(15)17(23)13-7-9-14(10-8-13)19-16(22)12-5-6-12/h7-10,12,15H,3-6,11H2,1-2H3,(H,19,22). The molecule has 2 fully saturated rings. The van der Waals surface area contributed by atoms with Crippen LogP contribution in [0, 0.1) is 5.92 Å². The maximum Gasteiger partial charge on any atom is 0.254 e. The first-order valence-corrected chi connectivity index (χ1v) is 8.40. The van der Waals surface area contributed by atoms with Crippen LogP contribution in [-0.4, -0.2) is 54.2 Å². The highest BCUT2D eigenvalue weighted by molar-refractivity contribution is 5.99. The smallest absolute Gasteiger partial charge is 0.254 e. The van der Waals surface area contributed by atoms with Gasteiger partial charge in [0.2, 0.25) is 11.8 Å². The molecule has 1 atom stereocenters. The summed E-state index contributed by atoms with van der Waals surface area (Å²) in [7, 11) is 3.42. The van der Waals surface area contributed by atoms with Gasteiger partial charge in [-0.2, -0.15) is 0 Å². The lowest BCUT2D eigenvalue weighted by Crippen LogP contribution is -2.45. The van der Waals surface area contributed by atoms with Crippen LogP contribution in [-0.2, 0) is 9.59 Å². The van der Waals surface area contributed by atoms with Gasteiger partial charge in [0.05, 0.1) is 0 Å². The van der Waals surface area contributed by atoms with E-state index in [9.17, 15) is 14.4 Å². The normalized spacial score (nSPS) is 19.9. The van der Waals surface area contributed by atoms with E-state index in [-0.39, 0.29) is 29.7 Å². The molecule has 1 saturated carbocycles. The highest BCUT2D eigenvalue weighted by atomic mass is 16.2. The lowest BCUT2D eigenvalue weighted by molar-refractivity contribution is -0.132. The number of amides is 3. The molecule has 3 rings (SSSR count). The molecule has 1 aliphatic carbocycles. The van der Waals surface area contributed by atoms with Gasteiger partial charge in [-0.05, 0) is 49.9 Å². The molecule has 1 aliphatic heterocycles. The molecule has 0 aromatic heterocycles. The predicted molar refractivity (Wildman–Crippen MR) is 90.5 cm³/mol. The first kappa shape index (κ1) is 16.5. The van der Waals surface area contributed by atoms with E-state index < -0.39 is 0 Å². The maximum atomic E-state index is 12.7. The molecular formula is C18H23N3O3. The molecule has 1 aromatic carbocycles. The van der Waals surface area contributed by atoms with Crippen LogP contribution in [0.25, 0.3) is 0 Å². The molecule has 1 unspecified atom stereocenters. The van der Waals surface area contributed by atoms with Crippen molar-refractivity contribution in [2.75, 3.05) is 26.0 Å². The number of carbonyl (C=O) groups is 3. The first-order chi connectivity index (χ1) is 11.5. The van der Waals surface area contributed by atoms with E-state index in [1.807, 2.05) is 0 Å². The molecule has 1 heterocycles. The highest BCUT2D eigenvalue weighted by Gasteiger charge is 2.35. The van der Waals surface area contributed by atoms with Gasteiger partial charge < -0.3 is 15.1 Å². The summed E-state index contributed by atoms with van der Waals surface area (Å²) in [6.07, 6.45) is 3.46. The van der Waals surface area contributed by atoms with E-state index in [1.54, 1.807) is 43.3 Å². The number of anilines is 1. The van der Waals surface area contributed by atoms with Crippen LogP contribution in [0.4, 0.5) is 5.69 Å². The van der Waals surface area contributed by atoms with Crippen LogP contribution in [0.3, 0.4) is 0 Å². The zero-order chi connectivity index (χ0) is 17.3. The lowest BCUT2D eigenvalue weighted by atomic mass is 10.1. The molecule has 0 bridgehead atoms. The minimum atomic E-state index is -0.373. The van der Waals surface area contributed by atoms with Crippen LogP contribution in [0.5, 0.6) is 0 Å². The minimum Gasteiger partial charge on any atom is -0.347 e. The Hall–Kier alpha value is -2.37. The van der Waals surface area contributed by atoms with Gasteiger partial charge in [0.25, 0.3) is 5.91 Å². The molecule has 6 nitrogen and oxygen atoms in total. The molecule has 3 amide bonds. The number of nitrogens with zero attached hydrogens (tertiary/aromatic N) is 2. The quantitative estimate of drug-likeness (QED) is 0.914. The van der Waals surface area contributed by atoms with Gasteiger partial charge in [-0.15, -0.1) is 0 Å². The SMILES string of the molecule is CN(C)C(=O)C1CCCN1C(=O)c1ccc(NC(=O)C2CC2)cc1. The molecule has 1 N–H and O–H groups in total. The molecule has 1 aromatic rings. The summed E-state index contributed by atoms with van der Waals surface area (Å²) in [5, 5.41) is 2.86. The number of hydrogen-bond acceptors (Lipinski definition) is 3. The highest BCUT2D eigenvalue weighted by Crippen LogP contribution is 2.30. The molecule has 6 heteroatoms. The third-order valence-electron chi connectivity index (χ3n) is 4.59. The second kappa shape index (κ2) is 6.63. The zero-order valence-corrected chi connectivity index (χ0v) is 14.1. The second-order valence-corrected chi connectivity index (χ2v) is 6.73. The number of hydrogen-bond donors (Lipinski definition) is 1. The summed E-state index contributed by atoms with van der Waals surface area (Å²) in [5.41, 5.74) is 1.24. The number of rotatable bonds is 4. The van der Waals surface area contributed by atoms with Crippen LogP contribution in [0.1, 0.15) is 36.0 Å². The van der Waals surface area contributed by atoms with Crippen molar-refractivity contribution >= 4 is 23.4 Å². The Bertz CT molecular complexity index is 650. The number of carbonyl (C=O) groups excluding carboxylic acids is 3. The Morgan fingerprint density at radius 2 is 1.75 bits per heavy atom. The predicted octanol–water partition coefficient (Wildman–Crippen LogP) is 1.73. The average molecular weight is 329 g/mol. The van der Waals surface area contributed by atoms with Gasteiger partial charge in [-0.25, -0.2) is 0 Å². The van der Waals surface area contributed by atoms with Gasteiger partial charge in [0.1, 0.15) is 6.04 Å². The van der Waals surface area contributed by atoms with Crippen molar-refractivity contribution in [3.63, 3.8) is 0 Å². The molecule has 24 heavy (non-hydrogen) atoms. The molecule has 2 aliphatic rings. The van der Waals surface area contributed by atoms with Crippen molar-refractivity contribution in [1.82, 2.24) is 9.80 Å². The topological polar surface area (TPSA) is 69.7 Å². The Labute approximate surface area is 141 Å². The number of nitrogens with one attached hydrogen (secondary N) is 1. The summed E-state index contributed by atoms with van der Waals surface area (Å²) < 4.78 is 0. The van der Waals surface area contributed by atoms with Crippen molar-refractivity contribution < 1.29 is 14.4 Å². The van der Waals surface area contributed by atoms with Crippen LogP contribution < -0.4 is 5.32 Å². The van der Waals surface area contributed by atoms with Crippen LogP contribution in [0.15, 0.2) is 24.3 Å². The Kier molecular flexibility index (Phi) is 4.55. The van der Waals surface area contributed by atoms with Crippen molar-refractivity contribution in [1.29, 1.82) is 0 Å². The fraction of sp³-hybridized carbons (Fsp3) is 0.500. The zero-order valence-electron chi connectivity index (χ0n) is 14.1. The Morgan fingerprint density at radius 3 is 2.33 bits per heavy atom. The summed E-state index contributed by atoms with van der Waals surface area (Å²) in [6.45, 7) is 0.600. The third kappa shape index (κ3) is 3.42. The van der Waals surface area contributed by atoms with Crippen LogP contribution >= 0.6 is 0 Å². The van der Waals surface area contributed by atoms with Crippen LogP contribution in [0.2, 0.25) is 0 Å². The molecule has 1 saturated heterocycles. The summed E-state index contributed by atoms with van der Waals surface area (Å²) in [5.74, 6) is 0.0286. The molecular weight excluding hydrogens is 306 g/mol. The van der Waals surface area contributed by atoms with Gasteiger partial charge >= 0.3 is 0 Å². The summed E-state index contributed by atoms with van der Waals surface area (Å²) in [4.78, 5) is 39.9. The fourth-order valence-corrected chi connectivity index (χ4v) is 3.02. The summed E-state index contributed by atoms with van der Waals surface area (Å²) in [6, 6.07) is 6.53. The van der Waals surface area contributed by atoms with Gasteiger partial charge in [0.15, 0.2) is 0 Å². The largest absolute Gasteiger partial charge is 0.347 e. The molecule has 128 valence electrons. The van der Waals surface area contributed by atoms with Crippen molar-refractivity contribution in [2.45, 2.75) is 31.7 Å². The Balaban J connectivity index is 1.67. The van der Waals surface area contributed by atoms with E-state index in [0.717, 1.165) is 19.3 Å². The number of likely N-dealkylation sites (N-methyl/N-ethyl adjacent to an activating group) is 1. The third-order valence-corrected chi connectivity index (χ3v) is 4.59. The molecule has 0 radical (unpaired) electrons. The molecule has 0 spiro atoms. The lowest BCUT2D eigenvalue weighted by Gasteiger charge is -2.26. The summed E-state index contributed by atoms with van der Waals surface area (Å²) >= 11 is 0. The van der Waals surface area contributed by atoms with E-state index in [1.165, 1.54) is 4.90 Å². The van der Waals surface area contributed by atoms with E-state index in [2.05, 4.69) is 5.32 Å². The van der Waals surface area contributed by atoms with Gasteiger partial charge in [0, 0.05) is 37.8 Å². The second-order valence-electron chi connectivity index (χ2n) is 6.73. The van der Waals surface area contributed by atoms with E-state index in [0.29, 0.717) is 24.2 Å². The minimum absolute atomic E-state index is 0.0332. The average Bonchev–Trinajstić information content (AvgIpc) is 3.31. The van der Waals surface area contributed by atoms with Crippen molar-refractivity contribution in [3.05, 3.63) is 29.8 Å². The maximum absolute atomic E-state index is 12.7. The van der Waals surface area contributed by atoms with Gasteiger partial charge in [-0.1, -0.05) is 0 Å². The van der Waals surface area contributed by atoms with Crippen molar-refractivity contribution in [2.24, 2.45) is 5.92 Å². The number of benzene rings is 1. The fourth-order valence-electron chi connectivity index (χ4n) is 3.02. The monoisotopic (exact) mass is 329 g/mol. The Morgan fingerprint density at radius 1 is 1.08 bits per heavy atom. The van der Waals surface area contributed by atoms with E-state index >= 15 is 0 Å². The van der Waals surface area contributed by atoms with E-state index in [4.69, 9.17) is 0 Å². The number of likely N-dealkylation sites (tertiary alicyclic amines) is 1. The van der Waals surface area contributed by atoms with Gasteiger partial charge in [-0.3, -0.25) is 14.4 Å². The first-order valence-electron chi connectivity index (χ1n) is 8.40. The van der Waals surface area contributed by atoms with Crippen molar-refractivity contribution in [3.8, 4) is 0 Å².